The lowest BCUT2D eigenvalue weighted by atomic mass is 9.61. The molecule has 3 aromatic heterocycles. The van der Waals surface area contributed by atoms with Gasteiger partial charge in [0.05, 0.1) is 18.7 Å². The second kappa shape index (κ2) is 8.92. The van der Waals surface area contributed by atoms with Crippen molar-refractivity contribution in [2.45, 2.75) is 31.7 Å². The molecule has 3 aliphatic rings. The van der Waals surface area contributed by atoms with E-state index in [0.717, 1.165) is 31.9 Å². The van der Waals surface area contributed by atoms with Crippen LogP contribution in [0.15, 0.2) is 42.7 Å². The van der Waals surface area contributed by atoms with Crippen LogP contribution in [0.5, 0.6) is 0 Å². The van der Waals surface area contributed by atoms with Gasteiger partial charge in [-0.25, -0.2) is 28.6 Å². The van der Waals surface area contributed by atoms with Crippen LogP contribution in [-0.4, -0.2) is 37.1 Å². The molecular weight excluding hydrogens is 478 g/mol. The lowest BCUT2D eigenvalue weighted by Crippen LogP contribution is -2.51. The van der Waals surface area contributed by atoms with E-state index in [9.17, 15) is 14.3 Å². The molecule has 2 unspecified atom stereocenters. The number of benzene rings is 1. The minimum absolute atomic E-state index is 0.00409. The van der Waals surface area contributed by atoms with Crippen molar-refractivity contribution in [2.75, 3.05) is 5.32 Å². The summed E-state index contributed by atoms with van der Waals surface area (Å²) in [6.07, 6.45) is 6.14. The average Bonchev–Trinajstić information content (AvgIpc) is 3.33. The first-order chi connectivity index (χ1) is 17.9. The first-order valence-electron chi connectivity index (χ1n) is 12.1. The second-order valence-corrected chi connectivity index (χ2v) is 9.68. The summed E-state index contributed by atoms with van der Waals surface area (Å²) in [7, 11) is 0. The molecule has 1 aromatic carbocycles. The maximum atomic E-state index is 16.0. The quantitative estimate of drug-likeness (QED) is 0.298. The van der Waals surface area contributed by atoms with Crippen LogP contribution in [0.4, 0.5) is 20.3 Å². The third kappa shape index (κ3) is 3.96. The minimum Gasteiger partial charge on any atom is -0.481 e. The summed E-state index contributed by atoms with van der Waals surface area (Å²) >= 11 is 0. The van der Waals surface area contributed by atoms with Crippen LogP contribution in [0, 0.1) is 36.0 Å². The third-order valence-corrected chi connectivity index (χ3v) is 7.67. The zero-order valence-corrected chi connectivity index (χ0v) is 19.6. The van der Waals surface area contributed by atoms with E-state index in [1.165, 1.54) is 6.07 Å². The number of carboxylic acid groups (broad SMARTS) is 1. The summed E-state index contributed by atoms with van der Waals surface area (Å²) in [4.78, 5) is 31.5. The molecule has 3 fully saturated rings. The highest BCUT2D eigenvalue weighted by atomic mass is 19.1. The van der Waals surface area contributed by atoms with Crippen molar-refractivity contribution in [1.29, 1.82) is 0 Å². The van der Waals surface area contributed by atoms with Gasteiger partial charge in [-0.05, 0) is 43.6 Å². The van der Waals surface area contributed by atoms with Gasteiger partial charge in [0.1, 0.15) is 17.2 Å². The molecule has 0 aliphatic heterocycles. The van der Waals surface area contributed by atoms with E-state index < -0.39 is 29.6 Å². The number of nitrogens with one attached hydrogen (secondary N) is 2. The van der Waals surface area contributed by atoms with Crippen LogP contribution >= 0.6 is 0 Å². The van der Waals surface area contributed by atoms with E-state index in [-0.39, 0.29) is 29.2 Å². The van der Waals surface area contributed by atoms with Gasteiger partial charge in [-0.1, -0.05) is 24.3 Å². The lowest BCUT2D eigenvalue weighted by Gasteiger charge is -2.47. The van der Waals surface area contributed by atoms with Crippen molar-refractivity contribution in [3.05, 3.63) is 65.8 Å². The Morgan fingerprint density at radius 3 is 2.54 bits per heavy atom. The van der Waals surface area contributed by atoms with E-state index in [1.54, 1.807) is 30.5 Å². The molecule has 3 aliphatic carbocycles. The average molecular weight is 501 g/mol. The number of pyridine rings is 1. The maximum Gasteiger partial charge on any atom is 0.308 e. The Labute approximate surface area is 210 Å². The van der Waals surface area contributed by atoms with Crippen molar-refractivity contribution in [3.8, 4) is 22.6 Å². The van der Waals surface area contributed by atoms with Crippen molar-refractivity contribution in [1.82, 2.24) is 19.9 Å². The van der Waals surface area contributed by atoms with Gasteiger partial charge < -0.3 is 15.4 Å². The number of hydrogen-bond donors (Lipinski definition) is 3. The number of hydrogen-bond acceptors (Lipinski definition) is 5. The summed E-state index contributed by atoms with van der Waals surface area (Å²) in [6.45, 7) is 7.18. The zero-order chi connectivity index (χ0) is 25.7. The standard InChI is InChI=1S/C27H22F2N6O2/c1-30-17-8-6-15(7-9-17)23-21(29)26(33-22-14-4-2-13(3-5-14)20(22)27(36)37)35-25(34-23)19-12-32-24-18(19)10-16(28)11-31-24/h6-14,20,22H,2-5H2,(H,31,32)(H,36,37)(H,33,34,35). The fourth-order valence-corrected chi connectivity index (χ4v) is 5.88. The van der Waals surface area contributed by atoms with Gasteiger partial charge in [0.25, 0.3) is 0 Å². The van der Waals surface area contributed by atoms with E-state index in [1.807, 2.05) is 0 Å². The van der Waals surface area contributed by atoms with E-state index >= 15 is 4.39 Å². The Balaban J connectivity index is 1.50. The number of aromatic amines is 1. The Kier molecular flexibility index (Phi) is 5.56. The summed E-state index contributed by atoms with van der Waals surface area (Å²) in [5, 5.41) is 13.6. The van der Waals surface area contributed by atoms with E-state index in [0.29, 0.717) is 27.8 Å². The van der Waals surface area contributed by atoms with Gasteiger partial charge in [-0.15, -0.1) is 0 Å². The predicted molar refractivity (Wildman–Crippen MR) is 133 cm³/mol. The normalized spacial score (nSPS) is 22.6. The number of nitrogens with zero attached hydrogens (tertiary/aromatic N) is 4. The number of aliphatic carboxylic acids is 1. The van der Waals surface area contributed by atoms with Gasteiger partial charge in [0, 0.05) is 28.8 Å². The second-order valence-electron chi connectivity index (χ2n) is 9.68. The van der Waals surface area contributed by atoms with Crippen molar-refractivity contribution < 1.29 is 18.7 Å². The van der Waals surface area contributed by atoms with Crippen LogP contribution in [0.3, 0.4) is 0 Å². The van der Waals surface area contributed by atoms with Crippen LogP contribution in [0.1, 0.15) is 25.7 Å². The van der Waals surface area contributed by atoms with Crippen LogP contribution in [0.25, 0.3) is 38.5 Å². The molecule has 37 heavy (non-hydrogen) atoms. The van der Waals surface area contributed by atoms with Gasteiger partial charge in [-0.2, -0.15) is 0 Å². The highest BCUT2D eigenvalue weighted by Gasteiger charge is 2.47. The molecule has 186 valence electrons. The molecular formula is C27H22F2N6O2. The number of carboxylic acids is 1. The molecule has 3 saturated carbocycles. The number of halogens is 2. The third-order valence-electron chi connectivity index (χ3n) is 7.67. The van der Waals surface area contributed by atoms with E-state index in [4.69, 9.17) is 6.57 Å². The highest BCUT2D eigenvalue weighted by Crippen LogP contribution is 2.46. The van der Waals surface area contributed by atoms with Crippen molar-refractivity contribution in [2.24, 2.45) is 17.8 Å². The maximum absolute atomic E-state index is 16.0. The molecule has 0 amide bonds. The molecule has 10 heteroatoms. The fourth-order valence-electron chi connectivity index (χ4n) is 5.88. The SMILES string of the molecule is [C-]#[N+]c1ccc(-c2nc(-c3c[nH]c4ncc(F)cc34)nc(NC3C4CCC(CC4)C3C(=O)O)c2F)cc1. The Bertz CT molecular complexity index is 1550. The predicted octanol–water partition coefficient (Wildman–Crippen LogP) is 5.82. The Morgan fingerprint density at radius 2 is 1.84 bits per heavy atom. The minimum atomic E-state index is -0.894. The highest BCUT2D eigenvalue weighted by molar-refractivity contribution is 5.92. The fraction of sp³-hybridized carbons (Fsp3) is 0.296. The van der Waals surface area contributed by atoms with Crippen molar-refractivity contribution >= 4 is 28.5 Å². The molecule has 3 heterocycles. The molecule has 2 bridgehead atoms. The van der Waals surface area contributed by atoms with Gasteiger partial charge in [-0.3, -0.25) is 4.79 Å². The summed E-state index contributed by atoms with van der Waals surface area (Å²) in [5.74, 6) is -2.62. The summed E-state index contributed by atoms with van der Waals surface area (Å²) in [6, 6.07) is 7.18. The molecule has 0 saturated heterocycles. The number of aromatic nitrogens is 4. The lowest BCUT2D eigenvalue weighted by molar-refractivity contribution is -0.148. The molecule has 2 atom stereocenters. The molecule has 7 rings (SSSR count). The number of H-pyrrole nitrogens is 1. The largest absolute Gasteiger partial charge is 0.481 e. The van der Waals surface area contributed by atoms with Gasteiger partial charge >= 0.3 is 5.97 Å². The first-order valence-corrected chi connectivity index (χ1v) is 12.1. The Morgan fingerprint density at radius 1 is 1.11 bits per heavy atom. The molecule has 8 nitrogen and oxygen atoms in total. The van der Waals surface area contributed by atoms with Crippen LogP contribution in [-0.2, 0) is 4.79 Å². The smallest absolute Gasteiger partial charge is 0.308 e. The number of fused-ring (bicyclic) bond motifs is 4. The van der Waals surface area contributed by atoms with Crippen molar-refractivity contribution in [3.63, 3.8) is 0 Å². The van der Waals surface area contributed by atoms with Gasteiger partial charge in [0.15, 0.2) is 23.1 Å². The van der Waals surface area contributed by atoms with Crippen LogP contribution < -0.4 is 5.32 Å². The monoisotopic (exact) mass is 500 g/mol. The van der Waals surface area contributed by atoms with E-state index in [2.05, 4.69) is 30.1 Å². The van der Waals surface area contributed by atoms with Gasteiger partial charge in [0.2, 0.25) is 0 Å². The number of carbonyl (C=O) groups is 1. The van der Waals surface area contributed by atoms with Crippen LogP contribution in [0.2, 0.25) is 0 Å². The number of anilines is 1. The summed E-state index contributed by atoms with van der Waals surface area (Å²) < 4.78 is 30.0. The number of rotatable bonds is 5. The zero-order valence-electron chi connectivity index (χ0n) is 19.6. The molecule has 4 aromatic rings. The summed E-state index contributed by atoms with van der Waals surface area (Å²) in [5.41, 5.74) is 1.69. The molecule has 0 spiro atoms. The topological polar surface area (TPSA) is 108 Å². The molecule has 0 radical (unpaired) electrons. The molecule has 3 N–H and O–H groups in total. The Hall–Kier alpha value is -4.39. The first kappa shape index (κ1) is 23.0.